The molecule has 0 aliphatic carbocycles. The van der Waals surface area contributed by atoms with Crippen molar-refractivity contribution in [2.45, 2.75) is 6.54 Å². The second kappa shape index (κ2) is 7.82. The van der Waals surface area contributed by atoms with E-state index in [2.05, 4.69) is 33.1 Å². The van der Waals surface area contributed by atoms with Crippen molar-refractivity contribution in [2.75, 3.05) is 43.9 Å². The van der Waals surface area contributed by atoms with Gasteiger partial charge in [-0.25, -0.2) is 0 Å². The summed E-state index contributed by atoms with van der Waals surface area (Å²) in [6.45, 7) is 5.59. The maximum absolute atomic E-state index is 12.4. The van der Waals surface area contributed by atoms with E-state index in [1.165, 1.54) is 5.52 Å². The summed E-state index contributed by atoms with van der Waals surface area (Å²) in [7, 11) is 0. The van der Waals surface area contributed by atoms with Crippen LogP contribution in [-0.2, 0) is 11.3 Å². The van der Waals surface area contributed by atoms with Gasteiger partial charge in [-0.15, -0.1) is 0 Å². The molecule has 4 rings (SSSR count). The van der Waals surface area contributed by atoms with E-state index in [1.807, 2.05) is 24.3 Å². The minimum Gasteiger partial charge on any atom is -0.398 e. The van der Waals surface area contributed by atoms with Crippen LogP contribution in [0.5, 0.6) is 0 Å². The van der Waals surface area contributed by atoms with Crippen LogP contribution >= 0.6 is 0 Å². The summed E-state index contributed by atoms with van der Waals surface area (Å²) in [5, 5.41) is 4.04. The molecule has 3 N–H and O–H groups in total. The van der Waals surface area contributed by atoms with Crippen molar-refractivity contribution in [3.63, 3.8) is 0 Å². The molecular weight excluding hydrogens is 340 g/mol. The first-order valence-electron chi connectivity index (χ1n) is 9.25. The molecule has 0 radical (unpaired) electrons. The number of nitrogens with two attached hydrogens (primary N) is 1. The first-order chi connectivity index (χ1) is 13.2. The Kier molecular flexibility index (Phi) is 5.09. The fraction of sp³-hybridized carbons (Fsp3) is 0.286. The summed E-state index contributed by atoms with van der Waals surface area (Å²) in [5.41, 5.74) is 8.78. The highest BCUT2D eigenvalue weighted by Gasteiger charge is 2.12. The van der Waals surface area contributed by atoms with E-state index in [4.69, 9.17) is 10.5 Å². The van der Waals surface area contributed by atoms with E-state index in [0.29, 0.717) is 11.3 Å². The smallest absolute Gasteiger partial charge is 0.257 e. The number of benzene rings is 2. The van der Waals surface area contributed by atoms with Gasteiger partial charge in [-0.05, 0) is 36.4 Å². The number of nitrogens with zero attached hydrogens (tertiary/aromatic N) is 2. The standard InChI is InChI=1S/C21H24N4O2/c22-19-4-2-1-3-18(19)21(26)23-17-5-6-20-16(15-17)7-8-25(20)10-9-24-11-13-27-14-12-24/h1-8,15H,9-14,22H2,(H,23,26). The van der Waals surface area contributed by atoms with Gasteiger partial charge in [0.15, 0.2) is 0 Å². The average Bonchev–Trinajstić information content (AvgIpc) is 3.10. The Morgan fingerprint density at radius 3 is 2.70 bits per heavy atom. The first kappa shape index (κ1) is 17.6. The topological polar surface area (TPSA) is 72.5 Å². The highest BCUT2D eigenvalue weighted by Crippen LogP contribution is 2.22. The third kappa shape index (κ3) is 3.97. The number of rotatable bonds is 5. The number of anilines is 2. The molecule has 0 unspecified atom stereocenters. The van der Waals surface area contributed by atoms with Crippen molar-refractivity contribution >= 4 is 28.2 Å². The summed E-state index contributed by atoms with van der Waals surface area (Å²) < 4.78 is 7.66. The van der Waals surface area contributed by atoms with E-state index in [0.717, 1.165) is 50.5 Å². The maximum atomic E-state index is 12.4. The highest BCUT2D eigenvalue weighted by atomic mass is 16.5. The molecule has 1 aromatic heterocycles. The molecule has 3 aromatic rings. The van der Waals surface area contributed by atoms with Gasteiger partial charge in [0.1, 0.15) is 0 Å². The summed E-state index contributed by atoms with van der Waals surface area (Å²) in [4.78, 5) is 14.9. The van der Waals surface area contributed by atoms with Gasteiger partial charge in [0.25, 0.3) is 5.91 Å². The SMILES string of the molecule is Nc1ccccc1C(=O)Nc1ccc2c(ccn2CCN2CCOCC2)c1. The van der Waals surface area contributed by atoms with Gasteiger partial charge in [-0.1, -0.05) is 12.1 Å². The summed E-state index contributed by atoms with van der Waals surface area (Å²) >= 11 is 0. The number of carbonyl (C=O) groups is 1. The zero-order chi connectivity index (χ0) is 18.6. The van der Waals surface area contributed by atoms with Crippen LogP contribution in [0, 0.1) is 0 Å². The van der Waals surface area contributed by atoms with Crippen molar-refractivity contribution in [1.29, 1.82) is 0 Å². The number of para-hydroxylation sites is 1. The van der Waals surface area contributed by atoms with E-state index in [9.17, 15) is 4.79 Å². The largest absolute Gasteiger partial charge is 0.398 e. The molecule has 140 valence electrons. The van der Waals surface area contributed by atoms with E-state index >= 15 is 0 Å². The number of morpholine rings is 1. The fourth-order valence-electron chi connectivity index (χ4n) is 3.45. The molecule has 2 aromatic carbocycles. The molecule has 1 fully saturated rings. The molecule has 0 saturated carbocycles. The van der Waals surface area contributed by atoms with Crippen molar-refractivity contribution in [2.24, 2.45) is 0 Å². The number of fused-ring (bicyclic) bond motifs is 1. The zero-order valence-electron chi connectivity index (χ0n) is 15.2. The first-order valence-corrected chi connectivity index (χ1v) is 9.25. The third-order valence-electron chi connectivity index (χ3n) is 5.00. The molecule has 0 atom stereocenters. The van der Waals surface area contributed by atoms with Crippen molar-refractivity contribution in [1.82, 2.24) is 9.47 Å². The average molecular weight is 364 g/mol. The van der Waals surface area contributed by atoms with Crippen LogP contribution in [0.25, 0.3) is 10.9 Å². The highest BCUT2D eigenvalue weighted by molar-refractivity contribution is 6.08. The number of hydrogen-bond acceptors (Lipinski definition) is 4. The van der Waals surface area contributed by atoms with Crippen LogP contribution in [0.3, 0.4) is 0 Å². The van der Waals surface area contributed by atoms with Crippen molar-refractivity contribution in [3.8, 4) is 0 Å². The molecule has 27 heavy (non-hydrogen) atoms. The Bertz CT molecular complexity index is 944. The lowest BCUT2D eigenvalue weighted by molar-refractivity contribution is 0.0365. The van der Waals surface area contributed by atoms with Crippen LogP contribution in [0.15, 0.2) is 54.7 Å². The Hall–Kier alpha value is -2.83. The second-order valence-corrected chi connectivity index (χ2v) is 6.78. The molecule has 1 saturated heterocycles. The van der Waals surface area contributed by atoms with Crippen molar-refractivity contribution in [3.05, 3.63) is 60.3 Å². The Morgan fingerprint density at radius 1 is 1.07 bits per heavy atom. The molecule has 6 heteroatoms. The lowest BCUT2D eigenvalue weighted by Crippen LogP contribution is -2.38. The summed E-state index contributed by atoms with van der Waals surface area (Å²) in [6.07, 6.45) is 2.10. The molecular formula is C21H24N4O2. The summed E-state index contributed by atoms with van der Waals surface area (Å²) in [6, 6.07) is 15.2. The van der Waals surface area contributed by atoms with Gasteiger partial charge in [0.2, 0.25) is 0 Å². The van der Waals surface area contributed by atoms with Gasteiger partial charge >= 0.3 is 0 Å². The number of hydrogen-bond donors (Lipinski definition) is 2. The number of nitrogen functional groups attached to an aromatic ring is 1. The predicted octanol–water partition coefficient (Wildman–Crippen LogP) is 2.81. The van der Waals surface area contributed by atoms with E-state index in [-0.39, 0.29) is 5.91 Å². The minimum absolute atomic E-state index is 0.195. The van der Waals surface area contributed by atoms with Crippen LogP contribution in [0.2, 0.25) is 0 Å². The van der Waals surface area contributed by atoms with Gasteiger partial charge in [0.05, 0.1) is 18.8 Å². The van der Waals surface area contributed by atoms with Gasteiger partial charge in [-0.3, -0.25) is 9.69 Å². The molecule has 0 bridgehead atoms. The van der Waals surface area contributed by atoms with Gasteiger partial charge in [-0.2, -0.15) is 0 Å². The number of carbonyl (C=O) groups excluding carboxylic acids is 1. The number of amides is 1. The number of ether oxygens (including phenoxy) is 1. The molecule has 1 aliphatic rings. The lowest BCUT2D eigenvalue weighted by atomic mass is 10.1. The van der Waals surface area contributed by atoms with Crippen LogP contribution in [0.4, 0.5) is 11.4 Å². The molecule has 2 heterocycles. The lowest BCUT2D eigenvalue weighted by Gasteiger charge is -2.26. The molecule has 1 aliphatic heterocycles. The fourth-order valence-corrected chi connectivity index (χ4v) is 3.45. The van der Waals surface area contributed by atoms with Gasteiger partial charge in [0, 0.05) is 54.7 Å². The van der Waals surface area contributed by atoms with Crippen LogP contribution < -0.4 is 11.1 Å². The van der Waals surface area contributed by atoms with Gasteiger partial charge < -0.3 is 20.4 Å². The monoisotopic (exact) mass is 364 g/mol. The van der Waals surface area contributed by atoms with Crippen LogP contribution in [0.1, 0.15) is 10.4 Å². The van der Waals surface area contributed by atoms with Crippen LogP contribution in [-0.4, -0.2) is 48.2 Å². The molecule has 1 amide bonds. The third-order valence-corrected chi connectivity index (χ3v) is 5.00. The zero-order valence-corrected chi connectivity index (χ0v) is 15.2. The minimum atomic E-state index is -0.195. The predicted molar refractivity (Wildman–Crippen MR) is 108 cm³/mol. The Labute approximate surface area is 158 Å². The Balaban J connectivity index is 1.45. The second-order valence-electron chi connectivity index (χ2n) is 6.78. The van der Waals surface area contributed by atoms with Crippen molar-refractivity contribution < 1.29 is 9.53 Å². The molecule has 6 nitrogen and oxygen atoms in total. The maximum Gasteiger partial charge on any atom is 0.257 e. The quantitative estimate of drug-likeness (QED) is 0.683. The van der Waals surface area contributed by atoms with E-state index in [1.54, 1.807) is 12.1 Å². The Morgan fingerprint density at radius 2 is 1.89 bits per heavy atom. The summed E-state index contributed by atoms with van der Waals surface area (Å²) in [5.74, 6) is -0.195. The normalized spacial score (nSPS) is 15.1. The number of aromatic nitrogens is 1. The number of nitrogens with one attached hydrogen (secondary N) is 1. The molecule has 0 spiro atoms. The van der Waals surface area contributed by atoms with E-state index < -0.39 is 0 Å².